The Balaban J connectivity index is 1.43. The second-order valence-corrected chi connectivity index (χ2v) is 8.59. The average molecular weight is 424 g/mol. The van der Waals surface area contributed by atoms with E-state index in [-0.39, 0.29) is 11.7 Å². The maximum atomic E-state index is 12.9. The quantitative estimate of drug-likeness (QED) is 0.747. The molecule has 2 heterocycles. The lowest BCUT2D eigenvalue weighted by atomic mass is 9.81. The molecule has 4 rings (SSSR count). The second-order valence-electron chi connectivity index (χ2n) is 8.59. The van der Waals surface area contributed by atoms with Crippen molar-refractivity contribution in [1.82, 2.24) is 4.90 Å². The molecule has 164 valence electrons. The van der Waals surface area contributed by atoms with Crippen LogP contribution in [0.4, 0.5) is 0 Å². The number of methoxy groups -OCH3 is 2. The summed E-state index contributed by atoms with van der Waals surface area (Å²) >= 11 is 0. The predicted molar refractivity (Wildman–Crippen MR) is 117 cm³/mol. The molecule has 2 aliphatic heterocycles. The molecule has 1 amide bonds. The van der Waals surface area contributed by atoms with Crippen LogP contribution in [-0.2, 0) is 11.2 Å². The normalized spacial score (nSPS) is 17.2. The molecule has 0 atom stereocenters. The summed E-state index contributed by atoms with van der Waals surface area (Å²) in [5, 5.41) is 0. The van der Waals surface area contributed by atoms with Gasteiger partial charge in [0, 0.05) is 25.9 Å². The Kier molecular flexibility index (Phi) is 5.65. The van der Waals surface area contributed by atoms with Crippen molar-refractivity contribution in [3.05, 3.63) is 52.6 Å². The number of nitrogens with zero attached hydrogens (tertiary/aromatic N) is 1. The van der Waals surface area contributed by atoms with E-state index >= 15 is 0 Å². The molecule has 31 heavy (non-hydrogen) atoms. The monoisotopic (exact) mass is 423 g/mol. The highest BCUT2D eigenvalue weighted by molar-refractivity contribution is 6.01. The van der Waals surface area contributed by atoms with E-state index in [4.69, 9.17) is 14.2 Å². The summed E-state index contributed by atoms with van der Waals surface area (Å²) in [6.45, 7) is 5.14. The molecule has 1 spiro atoms. The van der Waals surface area contributed by atoms with Gasteiger partial charge < -0.3 is 19.1 Å². The Morgan fingerprint density at radius 2 is 1.77 bits per heavy atom. The molecule has 6 heteroatoms. The van der Waals surface area contributed by atoms with E-state index in [2.05, 4.69) is 0 Å². The molecule has 2 aromatic rings. The highest BCUT2D eigenvalue weighted by atomic mass is 16.5. The van der Waals surface area contributed by atoms with Gasteiger partial charge in [-0.2, -0.15) is 0 Å². The number of carbonyl (C=O) groups is 2. The standard InChI is InChI=1S/C25H29NO5/c1-16-11-17(2)24-19(27)15-25(31-22(24)12-16)7-9-26(10-8-25)23(28)14-18-5-6-20(29-3)21(13-18)30-4/h5-6,11-13H,7-10,14-15H2,1-4H3. The molecule has 1 fully saturated rings. The van der Waals surface area contributed by atoms with Crippen LogP contribution < -0.4 is 14.2 Å². The fourth-order valence-corrected chi connectivity index (χ4v) is 4.74. The van der Waals surface area contributed by atoms with Gasteiger partial charge in [-0.15, -0.1) is 0 Å². The second kappa shape index (κ2) is 8.25. The van der Waals surface area contributed by atoms with Crippen LogP contribution in [0.25, 0.3) is 0 Å². The van der Waals surface area contributed by atoms with Crippen molar-refractivity contribution in [3.63, 3.8) is 0 Å². The molecule has 0 unspecified atom stereocenters. The van der Waals surface area contributed by atoms with Crippen LogP contribution in [0, 0.1) is 13.8 Å². The molecule has 0 radical (unpaired) electrons. The smallest absolute Gasteiger partial charge is 0.226 e. The van der Waals surface area contributed by atoms with Gasteiger partial charge in [-0.05, 0) is 48.7 Å². The summed E-state index contributed by atoms with van der Waals surface area (Å²) in [6, 6.07) is 9.51. The highest BCUT2D eigenvalue weighted by Crippen LogP contribution is 2.41. The van der Waals surface area contributed by atoms with Crippen LogP contribution in [0.15, 0.2) is 30.3 Å². The number of ketones is 1. The first-order valence-electron chi connectivity index (χ1n) is 10.7. The highest BCUT2D eigenvalue weighted by Gasteiger charge is 2.44. The summed E-state index contributed by atoms with van der Waals surface area (Å²) in [5.41, 5.74) is 3.14. The maximum Gasteiger partial charge on any atom is 0.226 e. The fraction of sp³-hybridized carbons (Fsp3) is 0.440. The number of fused-ring (bicyclic) bond motifs is 1. The molecule has 6 nitrogen and oxygen atoms in total. The van der Waals surface area contributed by atoms with Crippen molar-refractivity contribution in [2.45, 2.75) is 45.1 Å². The Bertz CT molecular complexity index is 1020. The Labute approximate surface area is 183 Å². The number of aryl methyl sites for hydroxylation is 2. The molecule has 0 saturated carbocycles. The van der Waals surface area contributed by atoms with E-state index < -0.39 is 5.60 Å². The number of Topliss-reactive ketones (excluding diaryl/α,β-unsaturated/α-hetero) is 1. The summed E-state index contributed by atoms with van der Waals surface area (Å²) in [7, 11) is 3.17. The van der Waals surface area contributed by atoms with Gasteiger partial charge in [0.25, 0.3) is 0 Å². The summed E-state index contributed by atoms with van der Waals surface area (Å²) < 4.78 is 17.0. The van der Waals surface area contributed by atoms with Crippen molar-refractivity contribution in [2.24, 2.45) is 0 Å². The zero-order chi connectivity index (χ0) is 22.2. The van der Waals surface area contributed by atoms with E-state index in [1.54, 1.807) is 14.2 Å². The van der Waals surface area contributed by atoms with Gasteiger partial charge in [0.1, 0.15) is 11.4 Å². The molecule has 1 saturated heterocycles. The minimum absolute atomic E-state index is 0.0660. The van der Waals surface area contributed by atoms with Gasteiger partial charge in [-0.25, -0.2) is 0 Å². The summed E-state index contributed by atoms with van der Waals surface area (Å²) in [5.74, 6) is 2.16. The topological polar surface area (TPSA) is 65.1 Å². The molecule has 0 aromatic heterocycles. The minimum Gasteiger partial charge on any atom is -0.493 e. The average Bonchev–Trinajstić information content (AvgIpc) is 2.73. The number of rotatable bonds is 4. The first-order chi connectivity index (χ1) is 14.8. The molecule has 0 bridgehead atoms. The van der Waals surface area contributed by atoms with Gasteiger partial charge in [0.2, 0.25) is 5.91 Å². The first kappa shape index (κ1) is 21.2. The lowest BCUT2D eigenvalue weighted by Gasteiger charge is -2.44. The Morgan fingerprint density at radius 3 is 2.45 bits per heavy atom. The third-order valence-electron chi connectivity index (χ3n) is 6.36. The third-order valence-corrected chi connectivity index (χ3v) is 6.36. The SMILES string of the molecule is COc1ccc(CC(=O)N2CCC3(CC2)CC(=O)c2c(C)cc(C)cc2O3)cc1OC. The van der Waals surface area contributed by atoms with Crippen LogP contribution in [0.1, 0.15) is 46.3 Å². The maximum absolute atomic E-state index is 12.9. The van der Waals surface area contributed by atoms with E-state index in [9.17, 15) is 9.59 Å². The van der Waals surface area contributed by atoms with E-state index in [0.29, 0.717) is 61.6 Å². The van der Waals surface area contributed by atoms with E-state index in [1.807, 2.05) is 49.1 Å². The molecule has 2 aromatic carbocycles. The number of hydrogen-bond acceptors (Lipinski definition) is 5. The molecular formula is C25H29NO5. The number of ether oxygens (including phenoxy) is 3. The molecule has 0 aliphatic carbocycles. The van der Waals surface area contributed by atoms with Crippen molar-refractivity contribution < 1.29 is 23.8 Å². The van der Waals surface area contributed by atoms with Crippen molar-refractivity contribution in [1.29, 1.82) is 0 Å². The third kappa shape index (κ3) is 4.11. The van der Waals surface area contributed by atoms with Crippen LogP contribution in [0.3, 0.4) is 0 Å². The van der Waals surface area contributed by atoms with E-state index in [1.165, 1.54) is 0 Å². The number of amides is 1. The predicted octanol–water partition coefficient (Wildman–Crippen LogP) is 3.89. The van der Waals surface area contributed by atoms with Gasteiger partial charge in [-0.3, -0.25) is 9.59 Å². The van der Waals surface area contributed by atoms with Crippen LogP contribution in [0.5, 0.6) is 17.2 Å². The molecule has 2 aliphatic rings. The number of piperidine rings is 1. The Hall–Kier alpha value is -3.02. The summed E-state index contributed by atoms with van der Waals surface area (Å²) in [6.07, 6.45) is 1.99. The van der Waals surface area contributed by atoms with Crippen LogP contribution >= 0.6 is 0 Å². The fourth-order valence-electron chi connectivity index (χ4n) is 4.74. The van der Waals surface area contributed by atoms with Crippen LogP contribution in [-0.4, -0.2) is 49.5 Å². The van der Waals surface area contributed by atoms with Gasteiger partial charge in [0.15, 0.2) is 17.3 Å². The van der Waals surface area contributed by atoms with Gasteiger partial charge in [-0.1, -0.05) is 12.1 Å². The number of carbonyl (C=O) groups excluding carboxylic acids is 2. The van der Waals surface area contributed by atoms with E-state index in [0.717, 1.165) is 16.7 Å². The minimum atomic E-state index is -0.509. The number of benzene rings is 2. The van der Waals surface area contributed by atoms with Gasteiger partial charge >= 0.3 is 0 Å². The first-order valence-corrected chi connectivity index (χ1v) is 10.7. The zero-order valence-electron chi connectivity index (χ0n) is 18.6. The summed E-state index contributed by atoms with van der Waals surface area (Å²) in [4.78, 5) is 27.6. The largest absolute Gasteiger partial charge is 0.493 e. The number of hydrogen-bond donors (Lipinski definition) is 0. The molecule has 0 N–H and O–H groups in total. The van der Waals surface area contributed by atoms with Crippen molar-refractivity contribution in [3.8, 4) is 17.2 Å². The Morgan fingerprint density at radius 1 is 1.06 bits per heavy atom. The van der Waals surface area contributed by atoms with Gasteiger partial charge in [0.05, 0.1) is 32.6 Å². The van der Waals surface area contributed by atoms with Crippen LogP contribution in [0.2, 0.25) is 0 Å². The lowest BCUT2D eigenvalue weighted by molar-refractivity contribution is -0.134. The van der Waals surface area contributed by atoms with Crippen molar-refractivity contribution in [2.75, 3.05) is 27.3 Å². The lowest BCUT2D eigenvalue weighted by Crippen LogP contribution is -2.52. The molecular weight excluding hydrogens is 394 g/mol. The number of likely N-dealkylation sites (tertiary alicyclic amines) is 1. The van der Waals surface area contributed by atoms with Crippen molar-refractivity contribution >= 4 is 11.7 Å². The zero-order valence-corrected chi connectivity index (χ0v) is 18.6.